The third-order valence-electron chi connectivity index (χ3n) is 11.0. The van der Waals surface area contributed by atoms with Gasteiger partial charge in [-0.15, -0.1) is 0 Å². The molecule has 0 fully saturated rings. The van der Waals surface area contributed by atoms with Crippen molar-refractivity contribution in [2.45, 2.75) is 192 Å². The maximum absolute atomic E-state index is 12.1. The van der Waals surface area contributed by atoms with Crippen molar-refractivity contribution in [1.82, 2.24) is 0 Å². The Morgan fingerprint density at radius 2 is 0.614 bits per heavy atom. The normalized spacial score (nSPS) is 11.8. The van der Waals surface area contributed by atoms with Crippen molar-refractivity contribution in [3.05, 3.63) is 82.9 Å². The second-order valence-corrected chi connectivity index (χ2v) is 18.3. The number of rotatable bonds is 26. The Morgan fingerprint density at radius 3 is 0.877 bits per heavy atom. The first-order valence-electron chi connectivity index (χ1n) is 22.0. The Bertz CT molecular complexity index is 1830. The summed E-state index contributed by atoms with van der Waals surface area (Å²) in [5.41, 5.74) is 3.80. The molecule has 6 nitrogen and oxygen atoms in total. The van der Waals surface area contributed by atoms with Crippen molar-refractivity contribution in [3.63, 3.8) is 0 Å². The zero-order chi connectivity index (χ0) is 40.8. The van der Waals surface area contributed by atoms with Crippen LogP contribution in [-0.2, 0) is 45.9 Å². The van der Waals surface area contributed by atoms with Crippen LogP contribution in [0.4, 0.5) is 0 Å². The zero-order valence-corrected chi connectivity index (χ0v) is 39.6. The molecular formula is C48H70CaO6S2. The van der Waals surface area contributed by atoms with Crippen molar-refractivity contribution in [2.24, 2.45) is 0 Å². The quantitative estimate of drug-likeness (QED) is 0.0353. The molecule has 4 rings (SSSR count). The molecule has 9 heteroatoms. The Labute approximate surface area is 376 Å². The second-order valence-electron chi connectivity index (χ2n) is 15.7. The molecule has 0 aliphatic rings. The SMILES string of the molecule is CCCCCCCc1cc(CCCCCCC)c2ccccc2c1S(=O)(=O)[O-].CCCCCCCc1cc(CCCCCCC)c2ccccc2c1S(=O)(=O)[O-].[Ca+2]. The van der Waals surface area contributed by atoms with Gasteiger partial charge in [-0.3, -0.25) is 0 Å². The van der Waals surface area contributed by atoms with Gasteiger partial charge in [-0.2, -0.15) is 0 Å². The summed E-state index contributed by atoms with van der Waals surface area (Å²) in [4.78, 5) is 0.0154. The maximum Gasteiger partial charge on any atom is 2.00 e. The monoisotopic (exact) mass is 846 g/mol. The van der Waals surface area contributed by atoms with Crippen molar-refractivity contribution in [3.8, 4) is 0 Å². The molecule has 0 aromatic heterocycles. The molecule has 0 atom stereocenters. The van der Waals surface area contributed by atoms with Gasteiger partial charge in [-0.05, 0) is 95.2 Å². The van der Waals surface area contributed by atoms with Crippen LogP contribution >= 0.6 is 0 Å². The van der Waals surface area contributed by atoms with E-state index in [0.29, 0.717) is 34.7 Å². The smallest absolute Gasteiger partial charge is 0.744 e. The summed E-state index contributed by atoms with van der Waals surface area (Å²) in [7, 11) is -9.01. The van der Waals surface area contributed by atoms with Crippen LogP contribution in [0.2, 0.25) is 0 Å². The zero-order valence-electron chi connectivity index (χ0n) is 35.7. The molecule has 0 spiro atoms. The van der Waals surface area contributed by atoms with E-state index in [1.54, 1.807) is 12.1 Å². The molecule has 0 aliphatic carbocycles. The van der Waals surface area contributed by atoms with Crippen molar-refractivity contribution >= 4 is 79.5 Å². The standard InChI is InChI=1S/2C24H36O3S.Ca/c2*1-3-5-7-9-11-15-20-19-21(16-12-10-8-6-4-2)24(28(25,26)27)23-18-14-13-17-22(20)23;/h2*13-14,17-19H,3-12,15-16H2,1-2H3,(H,25,26,27);/q;;+2/p-2. The number of fused-ring (bicyclic) bond motifs is 2. The fourth-order valence-corrected chi connectivity index (χ4v) is 9.89. The number of hydrogen-bond acceptors (Lipinski definition) is 6. The van der Waals surface area contributed by atoms with E-state index >= 15 is 0 Å². The number of benzene rings is 4. The summed E-state index contributed by atoms with van der Waals surface area (Å²) >= 11 is 0. The summed E-state index contributed by atoms with van der Waals surface area (Å²) in [6.45, 7) is 8.78. The molecule has 0 N–H and O–H groups in total. The average molecular weight is 847 g/mol. The predicted octanol–water partition coefficient (Wildman–Crippen LogP) is 13.2. The van der Waals surface area contributed by atoms with E-state index in [1.807, 2.05) is 48.5 Å². The van der Waals surface area contributed by atoms with Gasteiger partial charge in [0.2, 0.25) is 0 Å². The van der Waals surface area contributed by atoms with Gasteiger partial charge >= 0.3 is 37.7 Å². The number of hydrogen-bond donors (Lipinski definition) is 0. The number of aryl methyl sites for hydroxylation is 4. The first-order chi connectivity index (χ1) is 27.0. The molecule has 0 saturated carbocycles. The van der Waals surface area contributed by atoms with Crippen LogP contribution in [0.1, 0.15) is 178 Å². The largest absolute Gasteiger partial charge is 2.00 e. The minimum absolute atomic E-state index is 0. The van der Waals surface area contributed by atoms with Gasteiger partial charge in [-0.1, -0.05) is 191 Å². The fraction of sp³-hybridized carbons (Fsp3) is 0.583. The van der Waals surface area contributed by atoms with Crippen LogP contribution in [-0.4, -0.2) is 63.7 Å². The van der Waals surface area contributed by atoms with Crippen molar-refractivity contribution in [1.29, 1.82) is 0 Å². The average Bonchev–Trinajstić information content (AvgIpc) is 3.16. The fourth-order valence-electron chi connectivity index (χ4n) is 8.03. The molecule has 0 amide bonds. The molecule has 0 heterocycles. The molecule has 0 radical (unpaired) electrons. The maximum atomic E-state index is 12.1. The van der Waals surface area contributed by atoms with Crippen LogP contribution in [0.5, 0.6) is 0 Å². The van der Waals surface area contributed by atoms with Gasteiger partial charge in [0, 0.05) is 0 Å². The summed E-state index contributed by atoms with van der Waals surface area (Å²) in [6.07, 6.45) is 26.3. The minimum atomic E-state index is -4.51. The van der Waals surface area contributed by atoms with Gasteiger partial charge in [0.25, 0.3) is 0 Å². The van der Waals surface area contributed by atoms with E-state index in [0.717, 1.165) is 75.0 Å². The Morgan fingerprint density at radius 1 is 0.368 bits per heavy atom. The van der Waals surface area contributed by atoms with E-state index in [2.05, 4.69) is 27.7 Å². The Kier molecular flexibility index (Phi) is 25.4. The van der Waals surface area contributed by atoms with Gasteiger partial charge in [0.15, 0.2) is 0 Å². The topological polar surface area (TPSA) is 114 Å². The van der Waals surface area contributed by atoms with Crippen LogP contribution < -0.4 is 0 Å². The van der Waals surface area contributed by atoms with Crippen LogP contribution in [0.25, 0.3) is 21.5 Å². The summed E-state index contributed by atoms with van der Waals surface area (Å²) in [5.74, 6) is 0. The third-order valence-corrected chi connectivity index (χ3v) is 13.0. The van der Waals surface area contributed by atoms with Crippen molar-refractivity contribution in [2.75, 3.05) is 0 Å². The molecule has 0 aliphatic heterocycles. The van der Waals surface area contributed by atoms with Gasteiger partial charge in [0.05, 0.1) is 9.79 Å². The minimum Gasteiger partial charge on any atom is -0.744 e. The summed E-state index contributed by atoms with van der Waals surface area (Å²) in [6, 6.07) is 19.0. The molecule has 4 aromatic rings. The molecule has 4 aromatic carbocycles. The van der Waals surface area contributed by atoms with E-state index in [-0.39, 0.29) is 47.5 Å². The van der Waals surface area contributed by atoms with E-state index in [9.17, 15) is 25.9 Å². The van der Waals surface area contributed by atoms with Crippen molar-refractivity contribution < 1.29 is 25.9 Å². The van der Waals surface area contributed by atoms with Crippen LogP contribution in [0.3, 0.4) is 0 Å². The predicted molar refractivity (Wildman–Crippen MR) is 239 cm³/mol. The van der Waals surface area contributed by atoms with E-state index in [1.165, 1.54) is 88.2 Å². The summed E-state index contributed by atoms with van der Waals surface area (Å²) in [5, 5.41) is 3.04. The molecular weight excluding hydrogens is 777 g/mol. The molecule has 312 valence electrons. The first-order valence-corrected chi connectivity index (χ1v) is 24.8. The summed E-state index contributed by atoms with van der Waals surface area (Å²) < 4.78 is 72.5. The van der Waals surface area contributed by atoms with Gasteiger partial charge in [0.1, 0.15) is 20.2 Å². The number of unbranched alkanes of at least 4 members (excludes halogenated alkanes) is 16. The molecule has 0 unspecified atom stereocenters. The molecule has 57 heavy (non-hydrogen) atoms. The molecule has 0 bridgehead atoms. The first kappa shape index (κ1) is 51.6. The molecule has 0 saturated heterocycles. The van der Waals surface area contributed by atoms with Gasteiger partial charge in [-0.25, -0.2) is 16.8 Å². The van der Waals surface area contributed by atoms with Crippen LogP contribution in [0.15, 0.2) is 70.5 Å². The Balaban J connectivity index is 0.000000387. The van der Waals surface area contributed by atoms with Crippen LogP contribution in [0, 0.1) is 0 Å². The van der Waals surface area contributed by atoms with Gasteiger partial charge < -0.3 is 9.11 Å². The second kappa shape index (κ2) is 28.1. The Hall–Kier alpha value is -1.52. The third kappa shape index (κ3) is 17.5. The van der Waals surface area contributed by atoms with E-state index in [4.69, 9.17) is 0 Å². The van der Waals surface area contributed by atoms with E-state index < -0.39 is 20.2 Å².